The third-order valence-corrected chi connectivity index (χ3v) is 4.64. The van der Waals surface area contributed by atoms with E-state index in [1.165, 1.54) is 0 Å². The second-order valence-corrected chi connectivity index (χ2v) is 6.96. The molecular weight excluding hydrogens is 414 g/mol. The van der Waals surface area contributed by atoms with Gasteiger partial charge in [-0.15, -0.1) is 10.2 Å². The Morgan fingerprint density at radius 1 is 1.24 bits per heavy atom. The predicted octanol–water partition coefficient (Wildman–Crippen LogP) is 4.86. The molecule has 0 unspecified atom stereocenters. The zero-order chi connectivity index (χ0) is 18.0. The van der Waals surface area contributed by atoms with E-state index in [9.17, 15) is 13.6 Å². The molecule has 0 aliphatic carbocycles. The summed E-state index contributed by atoms with van der Waals surface area (Å²) in [5.74, 6) is -0.470. The van der Waals surface area contributed by atoms with Crippen LogP contribution in [0.3, 0.4) is 0 Å². The number of amides is 1. The first-order valence-electron chi connectivity index (χ1n) is 7.10. The number of hydrogen-bond donors (Lipinski definition) is 1. The lowest BCUT2D eigenvalue weighted by atomic mass is 10.1. The minimum atomic E-state index is -2.71. The molecular formula is C16H11BrF2N4OS. The summed E-state index contributed by atoms with van der Waals surface area (Å²) in [6.07, 6.45) is -2.71. The molecule has 1 amide bonds. The Hall–Kier alpha value is -2.26. The van der Waals surface area contributed by atoms with Gasteiger partial charge in [-0.2, -0.15) is 0 Å². The molecule has 3 aromatic rings. The molecule has 0 saturated carbocycles. The number of aromatic nitrogens is 3. The molecule has 1 N–H and O–H groups in total. The van der Waals surface area contributed by atoms with E-state index in [0.717, 1.165) is 15.7 Å². The Morgan fingerprint density at radius 3 is 2.68 bits per heavy atom. The maximum Gasteiger partial charge on any atom is 0.291 e. The Balaban J connectivity index is 1.81. The summed E-state index contributed by atoms with van der Waals surface area (Å²) in [6.45, 7) is 1.71. The Morgan fingerprint density at radius 2 is 2.04 bits per heavy atom. The second kappa shape index (κ2) is 7.32. The van der Waals surface area contributed by atoms with Crippen molar-refractivity contribution in [2.75, 3.05) is 5.32 Å². The fourth-order valence-corrected chi connectivity index (χ4v) is 3.14. The summed E-state index contributed by atoms with van der Waals surface area (Å²) in [5.41, 5.74) is 2.50. The van der Waals surface area contributed by atoms with Crippen molar-refractivity contribution in [2.45, 2.75) is 13.3 Å². The van der Waals surface area contributed by atoms with Crippen molar-refractivity contribution in [3.63, 3.8) is 0 Å². The molecule has 128 valence electrons. The average Bonchev–Trinajstić information content (AvgIpc) is 3.03. The van der Waals surface area contributed by atoms with Gasteiger partial charge in [-0.25, -0.2) is 8.78 Å². The van der Waals surface area contributed by atoms with E-state index < -0.39 is 17.3 Å². The van der Waals surface area contributed by atoms with Gasteiger partial charge < -0.3 is 0 Å². The number of pyridine rings is 1. The Kier molecular flexibility index (Phi) is 5.14. The number of benzene rings is 1. The Labute approximate surface area is 154 Å². The smallest absolute Gasteiger partial charge is 0.291 e. The molecule has 2 heterocycles. The summed E-state index contributed by atoms with van der Waals surface area (Å²) < 4.78 is 26.0. The zero-order valence-corrected chi connectivity index (χ0v) is 15.2. The number of carbonyl (C=O) groups is 1. The normalized spacial score (nSPS) is 10.9. The molecule has 2 aromatic heterocycles. The highest BCUT2D eigenvalue weighted by atomic mass is 79.9. The first-order chi connectivity index (χ1) is 11.9. The molecule has 0 saturated heterocycles. The highest BCUT2D eigenvalue weighted by molar-refractivity contribution is 9.10. The van der Waals surface area contributed by atoms with E-state index in [0.29, 0.717) is 22.6 Å². The van der Waals surface area contributed by atoms with Crippen molar-refractivity contribution in [3.05, 3.63) is 57.1 Å². The number of alkyl halides is 2. The second-order valence-electron chi connectivity index (χ2n) is 5.04. The number of nitrogens with one attached hydrogen (secondary N) is 1. The lowest BCUT2D eigenvalue weighted by Crippen LogP contribution is -2.14. The number of carbonyl (C=O) groups excluding carboxylic acids is 1. The average molecular weight is 425 g/mol. The lowest BCUT2D eigenvalue weighted by molar-refractivity contribution is 0.102. The van der Waals surface area contributed by atoms with E-state index in [2.05, 4.69) is 36.4 Å². The third kappa shape index (κ3) is 4.05. The maximum atomic E-state index is 12.5. The molecule has 25 heavy (non-hydrogen) atoms. The number of anilines is 1. The van der Waals surface area contributed by atoms with Crippen LogP contribution in [0.25, 0.3) is 11.3 Å². The van der Waals surface area contributed by atoms with Gasteiger partial charge >= 0.3 is 0 Å². The van der Waals surface area contributed by atoms with Crippen LogP contribution in [-0.2, 0) is 0 Å². The topological polar surface area (TPSA) is 67.8 Å². The summed E-state index contributed by atoms with van der Waals surface area (Å²) in [7, 11) is 0. The molecule has 3 rings (SSSR count). The van der Waals surface area contributed by atoms with Gasteiger partial charge in [0.1, 0.15) is 0 Å². The molecule has 0 aliphatic rings. The zero-order valence-electron chi connectivity index (χ0n) is 12.8. The summed E-state index contributed by atoms with van der Waals surface area (Å²) >= 11 is 4.05. The van der Waals surface area contributed by atoms with Gasteiger partial charge in [0.25, 0.3) is 12.3 Å². The number of rotatable bonds is 4. The fraction of sp³-hybridized carbons (Fsp3) is 0.125. The van der Waals surface area contributed by atoms with Crippen LogP contribution in [-0.4, -0.2) is 21.1 Å². The summed E-state index contributed by atoms with van der Waals surface area (Å²) in [6, 6.07) is 11.0. The van der Waals surface area contributed by atoms with Crippen LogP contribution in [0.1, 0.15) is 27.5 Å². The van der Waals surface area contributed by atoms with Crippen LogP contribution >= 0.6 is 27.3 Å². The molecule has 0 bridgehead atoms. The maximum absolute atomic E-state index is 12.5. The van der Waals surface area contributed by atoms with Crippen molar-refractivity contribution < 1.29 is 13.6 Å². The molecule has 9 heteroatoms. The lowest BCUT2D eigenvalue weighted by Gasteiger charge is -2.08. The van der Waals surface area contributed by atoms with Crippen molar-refractivity contribution in [1.29, 1.82) is 0 Å². The fourth-order valence-electron chi connectivity index (χ4n) is 2.15. The van der Waals surface area contributed by atoms with Gasteiger partial charge in [-0.3, -0.25) is 15.1 Å². The largest absolute Gasteiger partial charge is 0.296 e. The quantitative estimate of drug-likeness (QED) is 0.648. The van der Waals surface area contributed by atoms with Gasteiger partial charge in [0.2, 0.25) is 5.13 Å². The van der Waals surface area contributed by atoms with Crippen LogP contribution in [0, 0.1) is 6.92 Å². The molecule has 0 spiro atoms. The van der Waals surface area contributed by atoms with Crippen LogP contribution < -0.4 is 5.32 Å². The summed E-state index contributed by atoms with van der Waals surface area (Å²) in [5, 5.41) is 8.93. The molecule has 0 fully saturated rings. The Bertz CT molecular complexity index is 932. The predicted molar refractivity (Wildman–Crippen MR) is 94.9 cm³/mol. The van der Waals surface area contributed by atoms with Crippen molar-refractivity contribution in [3.8, 4) is 11.3 Å². The van der Waals surface area contributed by atoms with E-state index in [4.69, 9.17) is 0 Å². The number of nitrogens with zero attached hydrogens (tertiary/aromatic N) is 3. The van der Waals surface area contributed by atoms with Gasteiger partial charge in [-0.1, -0.05) is 39.4 Å². The van der Waals surface area contributed by atoms with E-state index >= 15 is 0 Å². The van der Waals surface area contributed by atoms with E-state index in [1.807, 2.05) is 24.3 Å². The van der Waals surface area contributed by atoms with Gasteiger partial charge in [0.05, 0.1) is 17.0 Å². The van der Waals surface area contributed by atoms with Crippen molar-refractivity contribution in [1.82, 2.24) is 15.2 Å². The highest BCUT2D eigenvalue weighted by Gasteiger charge is 2.17. The number of aryl methyl sites for hydroxylation is 1. The van der Waals surface area contributed by atoms with Gasteiger partial charge in [0.15, 0.2) is 5.01 Å². The van der Waals surface area contributed by atoms with Crippen LogP contribution in [0.2, 0.25) is 0 Å². The molecule has 5 nitrogen and oxygen atoms in total. The van der Waals surface area contributed by atoms with Gasteiger partial charge in [0, 0.05) is 10.0 Å². The monoisotopic (exact) mass is 424 g/mol. The molecule has 0 radical (unpaired) electrons. The van der Waals surface area contributed by atoms with Crippen LogP contribution in [0.15, 0.2) is 40.9 Å². The van der Waals surface area contributed by atoms with E-state index in [1.54, 1.807) is 19.1 Å². The van der Waals surface area contributed by atoms with Crippen molar-refractivity contribution >= 4 is 38.3 Å². The van der Waals surface area contributed by atoms with Crippen LogP contribution in [0.5, 0.6) is 0 Å². The molecule has 0 aliphatic heterocycles. The first kappa shape index (κ1) is 17.6. The standard InChI is InChI=1S/C16H11BrF2N4OS/c1-8-11(14(24)21-16-23-22-15(25-16)13(18)19)5-6-12(20-8)9-3-2-4-10(17)7-9/h2-7,13H,1H3,(H,21,23,24). The highest BCUT2D eigenvalue weighted by Crippen LogP contribution is 2.26. The number of hydrogen-bond acceptors (Lipinski definition) is 5. The van der Waals surface area contributed by atoms with Gasteiger partial charge in [-0.05, 0) is 31.2 Å². The minimum absolute atomic E-state index is 0.0239. The first-order valence-corrected chi connectivity index (χ1v) is 8.71. The SMILES string of the molecule is Cc1nc(-c2cccc(Br)c2)ccc1C(=O)Nc1nnc(C(F)F)s1. The summed E-state index contributed by atoms with van der Waals surface area (Å²) in [4.78, 5) is 16.8. The third-order valence-electron chi connectivity index (χ3n) is 3.30. The van der Waals surface area contributed by atoms with Crippen molar-refractivity contribution in [2.24, 2.45) is 0 Å². The van der Waals surface area contributed by atoms with Crippen LogP contribution in [0.4, 0.5) is 13.9 Å². The molecule has 0 atom stereocenters. The molecule has 1 aromatic carbocycles. The van der Waals surface area contributed by atoms with E-state index in [-0.39, 0.29) is 5.13 Å². The number of halogens is 3. The minimum Gasteiger partial charge on any atom is -0.296 e.